The van der Waals surface area contributed by atoms with Gasteiger partial charge in [0.25, 0.3) is 0 Å². The molecule has 186 valence electrons. The van der Waals surface area contributed by atoms with Crippen molar-refractivity contribution in [3.8, 4) is 11.4 Å². The number of hydrogen-bond acceptors (Lipinski definition) is 5. The average Bonchev–Trinajstić information content (AvgIpc) is 3.28. The number of amides is 2. The van der Waals surface area contributed by atoms with E-state index in [1.54, 1.807) is 23.7 Å². The Labute approximate surface area is 210 Å². The molecule has 4 rings (SSSR count). The average molecular weight is 487 g/mol. The van der Waals surface area contributed by atoms with Crippen LogP contribution < -0.4 is 15.4 Å². The maximum Gasteiger partial charge on any atom is 0.344 e. The Morgan fingerprint density at radius 1 is 0.944 bits per heavy atom. The fourth-order valence-electron chi connectivity index (χ4n) is 3.67. The van der Waals surface area contributed by atoms with E-state index in [0.29, 0.717) is 18.2 Å². The standard InChI is InChI=1S/C28H30N4O4/c1-5-35-26(33)18-36-21-15-13-20(14-16-21)32-25(17-24(31-32)28(2,3)4)30-27(34)29-23-12-8-10-19-9-6-7-11-22(19)23/h6-17H,5,18H2,1-4H3,(H2,29,30,34). The van der Waals surface area contributed by atoms with Crippen LogP contribution in [0.25, 0.3) is 16.5 Å². The SMILES string of the molecule is CCOC(=O)COc1ccc(-n2nc(C(C)(C)C)cc2NC(=O)Nc2cccc3ccccc23)cc1. The number of rotatable bonds is 7. The number of esters is 1. The van der Waals surface area contributed by atoms with Crippen molar-refractivity contribution >= 4 is 34.3 Å². The third-order valence-electron chi connectivity index (χ3n) is 5.50. The second-order valence-electron chi connectivity index (χ2n) is 9.27. The lowest BCUT2D eigenvalue weighted by atomic mass is 9.92. The van der Waals surface area contributed by atoms with Crippen LogP contribution in [-0.4, -0.2) is 35.0 Å². The van der Waals surface area contributed by atoms with Gasteiger partial charge in [0.05, 0.1) is 23.7 Å². The number of aromatic nitrogens is 2. The highest BCUT2D eigenvalue weighted by atomic mass is 16.6. The highest BCUT2D eigenvalue weighted by molar-refractivity contribution is 6.06. The summed E-state index contributed by atoms with van der Waals surface area (Å²) in [7, 11) is 0. The molecule has 0 saturated heterocycles. The molecule has 0 aliphatic heterocycles. The minimum atomic E-state index is -0.424. The minimum absolute atomic E-state index is 0.162. The quantitative estimate of drug-likeness (QED) is 0.317. The molecule has 0 radical (unpaired) electrons. The second-order valence-corrected chi connectivity index (χ2v) is 9.27. The van der Waals surface area contributed by atoms with Crippen molar-refractivity contribution in [3.63, 3.8) is 0 Å². The number of nitrogens with zero attached hydrogens (tertiary/aromatic N) is 2. The van der Waals surface area contributed by atoms with Crippen LogP contribution in [0.1, 0.15) is 33.4 Å². The zero-order valence-electron chi connectivity index (χ0n) is 20.9. The van der Waals surface area contributed by atoms with E-state index in [4.69, 9.17) is 14.6 Å². The van der Waals surface area contributed by atoms with E-state index in [1.807, 2.05) is 60.7 Å². The van der Waals surface area contributed by atoms with Gasteiger partial charge >= 0.3 is 12.0 Å². The molecular weight excluding hydrogens is 456 g/mol. The summed E-state index contributed by atoms with van der Waals surface area (Å²) in [6.45, 7) is 8.07. The fourth-order valence-corrected chi connectivity index (χ4v) is 3.67. The van der Waals surface area contributed by atoms with E-state index >= 15 is 0 Å². The van der Waals surface area contributed by atoms with Gasteiger partial charge < -0.3 is 14.8 Å². The molecular formula is C28H30N4O4. The van der Waals surface area contributed by atoms with Crippen molar-refractivity contribution in [2.75, 3.05) is 23.8 Å². The number of ether oxygens (including phenoxy) is 2. The predicted octanol–water partition coefficient (Wildman–Crippen LogP) is 5.91. The van der Waals surface area contributed by atoms with Crippen LogP contribution in [0.4, 0.5) is 16.3 Å². The molecule has 8 nitrogen and oxygen atoms in total. The smallest absolute Gasteiger partial charge is 0.344 e. The fraction of sp³-hybridized carbons (Fsp3) is 0.250. The summed E-state index contributed by atoms with van der Waals surface area (Å²) in [4.78, 5) is 24.5. The van der Waals surface area contributed by atoms with Crippen molar-refractivity contribution in [1.82, 2.24) is 9.78 Å². The highest BCUT2D eigenvalue weighted by Crippen LogP contribution is 2.28. The molecule has 1 heterocycles. The summed E-state index contributed by atoms with van der Waals surface area (Å²) in [6.07, 6.45) is 0. The van der Waals surface area contributed by atoms with Crippen LogP contribution >= 0.6 is 0 Å². The molecule has 36 heavy (non-hydrogen) atoms. The molecule has 3 aromatic carbocycles. The van der Waals surface area contributed by atoms with Gasteiger partial charge in [0.1, 0.15) is 11.6 Å². The molecule has 1 aromatic heterocycles. The zero-order chi connectivity index (χ0) is 25.7. The maximum atomic E-state index is 13.0. The zero-order valence-corrected chi connectivity index (χ0v) is 20.9. The maximum absolute atomic E-state index is 13.0. The first-order valence-corrected chi connectivity index (χ1v) is 11.8. The van der Waals surface area contributed by atoms with Crippen LogP contribution in [0, 0.1) is 0 Å². The number of urea groups is 1. The van der Waals surface area contributed by atoms with Gasteiger partial charge in [-0.2, -0.15) is 5.10 Å². The van der Waals surface area contributed by atoms with Gasteiger partial charge in [-0.25, -0.2) is 14.3 Å². The normalized spacial score (nSPS) is 11.2. The van der Waals surface area contributed by atoms with E-state index < -0.39 is 5.97 Å². The third-order valence-corrected chi connectivity index (χ3v) is 5.50. The largest absolute Gasteiger partial charge is 0.482 e. The van der Waals surface area contributed by atoms with Gasteiger partial charge in [-0.3, -0.25) is 5.32 Å². The Balaban J connectivity index is 1.56. The molecule has 0 spiro atoms. The Morgan fingerprint density at radius 3 is 2.39 bits per heavy atom. The van der Waals surface area contributed by atoms with Crippen LogP contribution in [-0.2, 0) is 14.9 Å². The van der Waals surface area contributed by atoms with Gasteiger partial charge in [-0.15, -0.1) is 0 Å². The Hall–Kier alpha value is -4.33. The van der Waals surface area contributed by atoms with Crippen molar-refractivity contribution < 1.29 is 19.1 Å². The van der Waals surface area contributed by atoms with Gasteiger partial charge in [-0.1, -0.05) is 57.2 Å². The van der Waals surface area contributed by atoms with Crippen molar-refractivity contribution in [2.24, 2.45) is 0 Å². The van der Waals surface area contributed by atoms with E-state index in [-0.39, 0.29) is 18.1 Å². The van der Waals surface area contributed by atoms with Crippen LogP contribution in [0.5, 0.6) is 5.75 Å². The molecule has 0 unspecified atom stereocenters. The van der Waals surface area contributed by atoms with E-state index in [0.717, 1.165) is 27.8 Å². The lowest BCUT2D eigenvalue weighted by Crippen LogP contribution is -2.21. The molecule has 8 heteroatoms. The van der Waals surface area contributed by atoms with Gasteiger partial charge in [0, 0.05) is 16.9 Å². The number of fused-ring (bicyclic) bond motifs is 1. The number of hydrogen-bond donors (Lipinski definition) is 2. The number of anilines is 2. The molecule has 0 fully saturated rings. The van der Waals surface area contributed by atoms with Crippen molar-refractivity contribution in [1.29, 1.82) is 0 Å². The lowest BCUT2D eigenvalue weighted by Gasteiger charge is -2.14. The molecule has 0 aliphatic rings. The molecule has 0 bridgehead atoms. The molecule has 2 N–H and O–H groups in total. The van der Waals surface area contributed by atoms with Crippen LogP contribution in [0.15, 0.2) is 72.8 Å². The van der Waals surface area contributed by atoms with E-state index in [9.17, 15) is 9.59 Å². The Kier molecular flexibility index (Phi) is 7.24. The topological polar surface area (TPSA) is 94.5 Å². The number of benzene rings is 3. The summed E-state index contributed by atoms with van der Waals surface area (Å²) in [6, 6.07) is 22.3. The molecule has 2 amide bonds. The summed E-state index contributed by atoms with van der Waals surface area (Å²) < 4.78 is 12.0. The Morgan fingerprint density at radius 2 is 1.67 bits per heavy atom. The molecule has 0 saturated carbocycles. The molecule has 0 atom stereocenters. The number of nitrogens with one attached hydrogen (secondary N) is 2. The van der Waals surface area contributed by atoms with Gasteiger partial charge in [0.15, 0.2) is 6.61 Å². The molecule has 4 aromatic rings. The third kappa shape index (κ3) is 5.83. The first kappa shape index (κ1) is 24.8. The highest BCUT2D eigenvalue weighted by Gasteiger charge is 2.22. The van der Waals surface area contributed by atoms with Crippen LogP contribution in [0.3, 0.4) is 0 Å². The summed E-state index contributed by atoms with van der Waals surface area (Å²) in [5, 5.41) is 12.6. The summed E-state index contributed by atoms with van der Waals surface area (Å²) in [5.41, 5.74) is 2.05. The summed E-state index contributed by atoms with van der Waals surface area (Å²) >= 11 is 0. The van der Waals surface area contributed by atoms with E-state index in [2.05, 4.69) is 31.4 Å². The first-order valence-electron chi connectivity index (χ1n) is 11.8. The van der Waals surface area contributed by atoms with Crippen molar-refractivity contribution in [2.45, 2.75) is 33.1 Å². The van der Waals surface area contributed by atoms with E-state index in [1.165, 1.54) is 0 Å². The molecule has 0 aliphatic carbocycles. The monoisotopic (exact) mass is 486 g/mol. The minimum Gasteiger partial charge on any atom is -0.482 e. The summed E-state index contributed by atoms with van der Waals surface area (Å²) in [5.74, 6) is 0.628. The van der Waals surface area contributed by atoms with Gasteiger partial charge in [0.2, 0.25) is 0 Å². The number of carbonyl (C=O) groups excluding carboxylic acids is 2. The lowest BCUT2D eigenvalue weighted by molar-refractivity contribution is -0.145. The van der Waals surface area contributed by atoms with Crippen molar-refractivity contribution in [3.05, 3.63) is 78.5 Å². The second kappa shape index (κ2) is 10.5. The van der Waals surface area contributed by atoms with Crippen LogP contribution in [0.2, 0.25) is 0 Å². The first-order chi connectivity index (χ1) is 17.2. The predicted molar refractivity (Wildman–Crippen MR) is 141 cm³/mol. The Bertz CT molecular complexity index is 1370. The number of carbonyl (C=O) groups is 2. The van der Waals surface area contributed by atoms with Gasteiger partial charge in [-0.05, 0) is 42.6 Å².